The van der Waals surface area contributed by atoms with Crippen LogP contribution in [-0.2, 0) is 20.1 Å². The molecule has 0 saturated carbocycles. The molecule has 0 spiro atoms. The van der Waals surface area contributed by atoms with Crippen molar-refractivity contribution in [2.75, 3.05) is 39.7 Å². The molecule has 3 aliphatic heterocycles. The van der Waals surface area contributed by atoms with Crippen LogP contribution in [0.1, 0.15) is 12.8 Å². The summed E-state index contributed by atoms with van der Waals surface area (Å²) in [5, 5.41) is 0. The van der Waals surface area contributed by atoms with Gasteiger partial charge in [0.1, 0.15) is 0 Å². The topological polar surface area (TPSA) is 19.4 Å². The summed E-state index contributed by atoms with van der Waals surface area (Å²) in [7, 11) is 2.06. The summed E-state index contributed by atoms with van der Waals surface area (Å²) in [4.78, 5) is 12.9. The Balaban J connectivity index is 0.000000186. The van der Waals surface area contributed by atoms with Gasteiger partial charge in [0, 0.05) is 31.5 Å². The van der Waals surface area contributed by atoms with Gasteiger partial charge < -0.3 is 29.4 Å². The second-order valence-electron chi connectivity index (χ2n) is 10.2. The number of para-hydroxylation sites is 5. The molecule has 7 rings (SSSR count). The van der Waals surface area contributed by atoms with E-state index < -0.39 is 0 Å². The maximum Gasteiger partial charge on any atom is 0.0326 e. The first kappa shape index (κ1) is 30.3. The van der Waals surface area contributed by atoms with Gasteiger partial charge in [-0.3, -0.25) is 0 Å². The van der Waals surface area contributed by atoms with E-state index in [2.05, 4.69) is 142 Å². The van der Waals surface area contributed by atoms with Crippen LogP contribution >= 0.6 is 0 Å². The zero-order valence-electron chi connectivity index (χ0n) is 24.1. The van der Waals surface area contributed by atoms with Crippen LogP contribution in [0.2, 0.25) is 0 Å². The Hall–Kier alpha value is -4.19. The van der Waals surface area contributed by atoms with Crippen molar-refractivity contribution in [3.63, 3.8) is 0 Å². The van der Waals surface area contributed by atoms with Gasteiger partial charge in [0.15, 0.2) is 0 Å². The molecule has 0 fully saturated rings. The first-order valence-corrected chi connectivity index (χ1v) is 14.3. The number of anilines is 5. The van der Waals surface area contributed by atoms with E-state index in [0.717, 1.165) is 43.0 Å². The minimum atomic E-state index is 0. The molecule has 0 saturated heterocycles. The smallest absolute Gasteiger partial charge is 0.0326 e. The van der Waals surface area contributed by atoms with Crippen LogP contribution in [0.3, 0.4) is 0 Å². The normalized spacial score (nSPS) is 15.0. The van der Waals surface area contributed by atoms with E-state index in [1.54, 1.807) is 0 Å². The van der Waals surface area contributed by atoms with E-state index in [1.807, 2.05) is 54.6 Å². The van der Waals surface area contributed by atoms with Gasteiger partial charge >= 0.3 is 0 Å². The summed E-state index contributed by atoms with van der Waals surface area (Å²) in [5.74, 6) is 0. The van der Waals surface area contributed by atoms with Crippen LogP contribution in [0.5, 0.6) is 0 Å². The number of unbranched alkanes of at least 4 members (excludes halogenated alkanes) is 1. The van der Waals surface area contributed by atoms with E-state index >= 15 is 0 Å². The molecule has 0 amide bonds. The molecule has 6 nitrogen and oxygen atoms in total. The fourth-order valence-corrected chi connectivity index (χ4v) is 5.01. The predicted molar refractivity (Wildman–Crippen MR) is 172 cm³/mol. The Morgan fingerprint density at radius 3 is 1.49 bits per heavy atom. The molecule has 0 unspecified atom stereocenters. The van der Waals surface area contributed by atoms with E-state index in [-0.39, 0.29) is 20.1 Å². The minimum Gasteiger partial charge on any atom is -0.508 e. The summed E-state index contributed by atoms with van der Waals surface area (Å²) in [5.41, 5.74) is 5.63. The number of hydrogen-bond acceptors (Lipinski definition) is 6. The van der Waals surface area contributed by atoms with Gasteiger partial charge in [-0.1, -0.05) is 12.1 Å². The second-order valence-corrected chi connectivity index (χ2v) is 10.2. The predicted octanol–water partition coefficient (Wildman–Crippen LogP) is 7.38. The maximum absolute atomic E-state index is 3.24. The summed E-state index contributed by atoms with van der Waals surface area (Å²) in [6, 6.07) is 42.1. The molecule has 0 bridgehead atoms. The van der Waals surface area contributed by atoms with Gasteiger partial charge in [-0.2, -0.15) is 111 Å². The first-order chi connectivity index (χ1) is 20.7. The van der Waals surface area contributed by atoms with Crippen molar-refractivity contribution in [3.8, 4) is 0 Å². The molecule has 3 aliphatic rings. The van der Waals surface area contributed by atoms with Crippen LogP contribution in [0.15, 0.2) is 122 Å². The summed E-state index contributed by atoms with van der Waals surface area (Å²) < 4.78 is 0. The molecule has 7 heteroatoms. The standard InChI is InChI=1S/C22H22N4.C14H12N2.Ir/c1-3-9-21(10-4-1)25-17-15-23(19-25)13-7-8-14-24-16-18-26(20-24)22-11-5-2-6-12-22;1-15-11-16(12-7-3-2-4-8-12)14-10-6-5-9-13(14)15;/h1-6,9,11,15-20H,7-8,13-14H2;2-7,9-11H,1H3;/q-4;-2;. The van der Waals surface area contributed by atoms with Gasteiger partial charge in [-0.15, -0.1) is 17.1 Å². The van der Waals surface area contributed by atoms with Crippen LogP contribution in [0, 0.1) is 38.2 Å². The molecule has 0 atom stereocenters. The number of benzene rings is 4. The number of nitrogens with zero attached hydrogens (tertiary/aromatic N) is 6. The Kier molecular flexibility index (Phi) is 10.4. The molecule has 4 aromatic carbocycles. The summed E-state index contributed by atoms with van der Waals surface area (Å²) >= 11 is 0. The van der Waals surface area contributed by atoms with Crippen molar-refractivity contribution in [1.29, 1.82) is 0 Å². The SMILES string of the molecule is CN1[CH-]N(c2[c-]cccc2)c2ccccc21.[Ir].[c-]1ccccc1N1C=CN(CCCCN2C=CN(c3[c-]cccc3)[CH-]2)[CH-]1. The average Bonchev–Trinajstić information content (AvgIpc) is 3.81. The van der Waals surface area contributed by atoms with E-state index in [4.69, 9.17) is 0 Å². The third kappa shape index (κ3) is 7.61. The molecular weight excluding hydrogens is 709 g/mol. The molecule has 1 radical (unpaired) electrons. The average molecular weight is 743 g/mol. The summed E-state index contributed by atoms with van der Waals surface area (Å²) in [6.45, 7) is 8.37. The third-order valence-corrected chi connectivity index (χ3v) is 7.17. The van der Waals surface area contributed by atoms with Gasteiger partial charge in [0.05, 0.1) is 0 Å². The Bertz CT molecular complexity index is 1400. The molecule has 0 aromatic heterocycles. The summed E-state index contributed by atoms with van der Waals surface area (Å²) in [6.07, 6.45) is 10.7. The van der Waals surface area contributed by atoms with Gasteiger partial charge in [-0.05, 0) is 69.9 Å². The van der Waals surface area contributed by atoms with Crippen molar-refractivity contribution in [2.45, 2.75) is 12.8 Å². The molecule has 223 valence electrons. The molecular formula is C36H34IrN6-6. The Morgan fingerprint density at radius 2 is 1.00 bits per heavy atom. The number of hydrogen-bond donors (Lipinski definition) is 0. The Morgan fingerprint density at radius 1 is 0.535 bits per heavy atom. The van der Waals surface area contributed by atoms with Crippen molar-refractivity contribution < 1.29 is 20.1 Å². The van der Waals surface area contributed by atoms with Crippen LogP contribution in [0.25, 0.3) is 0 Å². The van der Waals surface area contributed by atoms with Crippen LogP contribution < -0.4 is 19.6 Å². The maximum atomic E-state index is 3.24. The van der Waals surface area contributed by atoms with Crippen molar-refractivity contribution in [1.82, 2.24) is 9.80 Å². The second kappa shape index (κ2) is 14.8. The first-order valence-electron chi connectivity index (χ1n) is 14.3. The molecule has 0 N–H and O–H groups in total. The Labute approximate surface area is 270 Å². The zero-order valence-corrected chi connectivity index (χ0v) is 26.5. The van der Waals surface area contributed by atoms with Crippen molar-refractivity contribution >= 4 is 28.4 Å². The van der Waals surface area contributed by atoms with E-state index in [1.165, 1.54) is 11.4 Å². The largest absolute Gasteiger partial charge is 0.508 e. The van der Waals surface area contributed by atoms with Gasteiger partial charge in [0.2, 0.25) is 0 Å². The third-order valence-electron chi connectivity index (χ3n) is 7.17. The van der Waals surface area contributed by atoms with Gasteiger partial charge in [0.25, 0.3) is 0 Å². The van der Waals surface area contributed by atoms with Crippen molar-refractivity contribution in [3.05, 3.63) is 160 Å². The fourth-order valence-electron chi connectivity index (χ4n) is 5.01. The van der Waals surface area contributed by atoms with Crippen molar-refractivity contribution in [2.24, 2.45) is 0 Å². The van der Waals surface area contributed by atoms with E-state index in [9.17, 15) is 0 Å². The monoisotopic (exact) mass is 743 g/mol. The fraction of sp³-hybridized carbons (Fsp3) is 0.139. The molecule has 4 aromatic rings. The van der Waals surface area contributed by atoms with E-state index in [0.29, 0.717) is 0 Å². The number of fused-ring (bicyclic) bond motifs is 1. The minimum absolute atomic E-state index is 0. The quantitative estimate of drug-likeness (QED) is 0.138. The zero-order chi connectivity index (χ0) is 28.6. The number of rotatable bonds is 8. The van der Waals surface area contributed by atoms with Crippen LogP contribution in [0.4, 0.5) is 28.4 Å². The van der Waals surface area contributed by atoms with Gasteiger partial charge in [-0.25, -0.2) is 0 Å². The molecule has 0 aliphatic carbocycles. The van der Waals surface area contributed by atoms with Crippen LogP contribution in [-0.4, -0.2) is 29.9 Å². The molecule has 3 heterocycles. The molecule has 43 heavy (non-hydrogen) atoms.